The first-order chi connectivity index (χ1) is 17.9. The maximum atomic E-state index is 12.0. The van der Waals surface area contributed by atoms with E-state index in [1.807, 2.05) is 36.4 Å². The first-order valence-electron chi connectivity index (χ1n) is 12.5. The molecule has 1 atom stereocenters. The van der Waals surface area contributed by atoms with Crippen LogP contribution in [-0.4, -0.2) is 51.9 Å². The fourth-order valence-electron chi connectivity index (χ4n) is 5.96. The van der Waals surface area contributed by atoms with E-state index >= 15 is 0 Å². The number of fused-ring (bicyclic) bond motifs is 1. The van der Waals surface area contributed by atoms with Crippen molar-refractivity contribution in [3.05, 3.63) is 69.5 Å². The molecule has 188 valence electrons. The second-order valence-corrected chi connectivity index (χ2v) is 11.2. The lowest BCUT2D eigenvalue weighted by atomic mass is 9.79. The van der Waals surface area contributed by atoms with Gasteiger partial charge in [0.25, 0.3) is 0 Å². The van der Waals surface area contributed by atoms with Gasteiger partial charge in [0.15, 0.2) is 0 Å². The molecule has 0 aromatic carbocycles. The molecule has 2 saturated heterocycles. The zero-order valence-electron chi connectivity index (χ0n) is 21.0. The van der Waals surface area contributed by atoms with E-state index in [4.69, 9.17) is 14.7 Å². The van der Waals surface area contributed by atoms with Gasteiger partial charge in [-0.2, -0.15) is 5.26 Å². The van der Waals surface area contributed by atoms with Gasteiger partial charge >= 0.3 is 0 Å². The number of hydrogen-bond donors (Lipinski definition) is 0. The minimum absolute atomic E-state index is 0.0222. The van der Waals surface area contributed by atoms with Crippen molar-refractivity contribution in [2.75, 3.05) is 31.1 Å². The van der Waals surface area contributed by atoms with E-state index in [2.05, 4.69) is 22.5 Å². The highest BCUT2D eigenvalue weighted by Gasteiger charge is 2.49. The summed E-state index contributed by atoms with van der Waals surface area (Å²) in [6.07, 6.45) is 4.62. The number of nitrogens with zero attached hydrogens (tertiary/aromatic N) is 6. The first-order valence-corrected chi connectivity index (χ1v) is 13.4. The molecule has 0 unspecified atom stereocenters. The van der Waals surface area contributed by atoms with E-state index in [0.29, 0.717) is 37.5 Å². The molecule has 0 aliphatic carbocycles. The van der Waals surface area contributed by atoms with Crippen molar-refractivity contribution < 1.29 is 9.53 Å². The van der Waals surface area contributed by atoms with Crippen LogP contribution in [0.3, 0.4) is 0 Å². The summed E-state index contributed by atoms with van der Waals surface area (Å²) in [6.45, 7) is 11.0. The van der Waals surface area contributed by atoms with Crippen LogP contribution in [0, 0.1) is 30.6 Å². The summed E-state index contributed by atoms with van der Waals surface area (Å²) >= 11 is 1.61. The summed E-state index contributed by atoms with van der Waals surface area (Å²) in [7, 11) is 0. The molecule has 6 heterocycles. The third-order valence-corrected chi connectivity index (χ3v) is 8.91. The zero-order valence-corrected chi connectivity index (χ0v) is 21.8. The standard InChI is InChI=1S/C28H28N6O2S/c1-4-23(35)34-14-28(15-34)7-9-33(13-28)27-19(11-29)24(25-17(2)6-5-8-30-25)20-12-36-22(10-21(20)32-27)26-18(3)31-16-37-26/h4-6,8,16,22H,1,7,9-10,12-15H2,2-3H3/t22-/m1/s1. The molecule has 6 rings (SSSR count). The predicted molar refractivity (Wildman–Crippen MR) is 141 cm³/mol. The number of aromatic nitrogens is 3. The summed E-state index contributed by atoms with van der Waals surface area (Å²) in [6, 6.07) is 6.41. The van der Waals surface area contributed by atoms with Gasteiger partial charge in [-0.25, -0.2) is 9.97 Å². The Labute approximate surface area is 220 Å². The van der Waals surface area contributed by atoms with Crippen LogP contribution in [0.5, 0.6) is 0 Å². The van der Waals surface area contributed by atoms with Crippen LogP contribution in [0.25, 0.3) is 11.3 Å². The molecule has 37 heavy (non-hydrogen) atoms. The summed E-state index contributed by atoms with van der Waals surface area (Å²) in [5.74, 6) is 0.694. The number of nitriles is 1. The normalized spacial score (nSPS) is 19.9. The van der Waals surface area contributed by atoms with Crippen molar-refractivity contribution >= 4 is 23.1 Å². The smallest absolute Gasteiger partial charge is 0.245 e. The lowest BCUT2D eigenvalue weighted by Crippen LogP contribution is -2.59. The largest absolute Gasteiger partial charge is 0.367 e. The van der Waals surface area contributed by atoms with Gasteiger partial charge in [0.1, 0.15) is 17.5 Å². The van der Waals surface area contributed by atoms with E-state index in [0.717, 1.165) is 58.2 Å². The number of anilines is 1. The molecule has 0 saturated carbocycles. The van der Waals surface area contributed by atoms with Gasteiger partial charge in [0.2, 0.25) is 5.91 Å². The highest BCUT2D eigenvalue weighted by atomic mass is 32.1. The Morgan fingerprint density at radius 3 is 2.86 bits per heavy atom. The molecule has 3 aromatic heterocycles. The number of pyridine rings is 2. The minimum Gasteiger partial charge on any atom is -0.367 e. The lowest BCUT2D eigenvalue weighted by molar-refractivity contribution is -0.136. The molecule has 0 radical (unpaired) electrons. The minimum atomic E-state index is -0.110. The number of amides is 1. The van der Waals surface area contributed by atoms with Crippen LogP contribution in [0.2, 0.25) is 0 Å². The fourth-order valence-corrected chi connectivity index (χ4v) is 6.81. The summed E-state index contributed by atoms with van der Waals surface area (Å²) in [4.78, 5) is 31.5. The number of carbonyl (C=O) groups excluding carboxylic acids is 1. The second kappa shape index (κ2) is 9.05. The molecule has 0 bridgehead atoms. The van der Waals surface area contributed by atoms with E-state index in [1.165, 1.54) is 6.08 Å². The third-order valence-electron chi connectivity index (χ3n) is 7.88. The Balaban J connectivity index is 1.42. The maximum Gasteiger partial charge on any atom is 0.245 e. The number of likely N-dealkylation sites (tertiary alicyclic amines) is 1. The van der Waals surface area contributed by atoms with Crippen molar-refractivity contribution in [1.82, 2.24) is 19.9 Å². The van der Waals surface area contributed by atoms with Crippen molar-refractivity contribution in [2.45, 2.75) is 39.4 Å². The van der Waals surface area contributed by atoms with Crippen molar-refractivity contribution in [2.24, 2.45) is 5.41 Å². The Bertz CT molecular complexity index is 1450. The molecule has 2 fully saturated rings. The van der Waals surface area contributed by atoms with Crippen LogP contribution < -0.4 is 4.90 Å². The number of thiazole rings is 1. The summed E-state index contributed by atoms with van der Waals surface area (Å²) < 4.78 is 6.34. The van der Waals surface area contributed by atoms with E-state index in [9.17, 15) is 10.1 Å². The van der Waals surface area contributed by atoms with Crippen LogP contribution in [-0.2, 0) is 22.6 Å². The maximum absolute atomic E-state index is 12.0. The topological polar surface area (TPSA) is 95.2 Å². The lowest BCUT2D eigenvalue weighted by Gasteiger charge is -2.47. The number of ether oxygens (including phenoxy) is 1. The van der Waals surface area contributed by atoms with Gasteiger partial charge < -0.3 is 14.5 Å². The molecule has 1 amide bonds. The summed E-state index contributed by atoms with van der Waals surface area (Å²) in [5, 5.41) is 10.4. The molecule has 3 aliphatic heterocycles. The van der Waals surface area contributed by atoms with Gasteiger partial charge in [-0.3, -0.25) is 9.78 Å². The zero-order chi connectivity index (χ0) is 25.7. The van der Waals surface area contributed by atoms with Gasteiger partial charge in [-0.05, 0) is 38.0 Å². The van der Waals surface area contributed by atoms with Gasteiger partial charge in [0, 0.05) is 55.3 Å². The fraction of sp³-hybridized carbons (Fsp3) is 0.393. The Morgan fingerprint density at radius 2 is 2.16 bits per heavy atom. The Kier molecular flexibility index (Phi) is 5.81. The van der Waals surface area contributed by atoms with Gasteiger partial charge in [-0.15, -0.1) is 11.3 Å². The van der Waals surface area contributed by atoms with Gasteiger partial charge in [-0.1, -0.05) is 12.6 Å². The van der Waals surface area contributed by atoms with Gasteiger partial charge in [0.05, 0.1) is 40.2 Å². The van der Waals surface area contributed by atoms with Crippen molar-refractivity contribution in [3.8, 4) is 17.3 Å². The van der Waals surface area contributed by atoms with Crippen LogP contribution in [0.4, 0.5) is 5.82 Å². The molecule has 8 nitrogen and oxygen atoms in total. The van der Waals surface area contributed by atoms with E-state index in [-0.39, 0.29) is 17.4 Å². The van der Waals surface area contributed by atoms with Crippen molar-refractivity contribution in [1.29, 1.82) is 5.26 Å². The van der Waals surface area contributed by atoms with E-state index in [1.54, 1.807) is 17.5 Å². The molecule has 1 spiro atoms. The SMILES string of the molecule is C=CC(=O)N1CC2(CCN(c3nc4c(c(-c5ncccc5C)c3C#N)CO[C@@H](c3scnc3C)C4)C2)C1. The van der Waals surface area contributed by atoms with E-state index < -0.39 is 0 Å². The summed E-state index contributed by atoms with van der Waals surface area (Å²) in [5.41, 5.74) is 7.96. The average Bonchev–Trinajstić information content (AvgIpc) is 3.53. The number of carbonyl (C=O) groups is 1. The number of rotatable bonds is 4. The molecular weight excluding hydrogens is 484 g/mol. The predicted octanol–water partition coefficient (Wildman–Crippen LogP) is 4.13. The Hall–Kier alpha value is -3.61. The monoisotopic (exact) mass is 512 g/mol. The first kappa shape index (κ1) is 23.8. The molecule has 3 aromatic rings. The highest BCUT2D eigenvalue weighted by Crippen LogP contribution is 2.45. The number of hydrogen-bond acceptors (Lipinski definition) is 8. The molecule has 9 heteroatoms. The average molecular weight is 513 g/mol. The molecule has 3 aliphatic rings. The van der Waals surface area contributed by atoms with Crippen LogP contribution in [0.15, 0.2) is 36.5 Å². The number of aryl methyl sites for hydroxylation is 2. The molecular formula is C28H28N6O2S. The third kappa shape index (κ3) is 3.92. The quantitative estimate of drug-likeness (QED) is 0.485. The van der Waals surface area contributed by atoms with Crippen molar-refractivity contribution in [3.63, 3.8) is 0 Å². The van der Waals surface area contributed by atoms with Crippen LogP contribution >= 0.6 is 11.3 Å². The molecule has 0 N–H and O–H groups in total. The highest BCUT2D eigenvalue weighted by molar-refractivity contribution is 7.09. The Morgan fingerprint density at radius 1 is 1.32 bits per heavy atom. The van der Waals surface area contributed by atoms with Crippen LogP contribution in [0.1, 0.15) is 45.5 Å². The second-order valence-electron chi connectivity index (χ2n) is 10.3.